The second-order valence-corrected chi connectivity index (χ2v) is 8.36. The molecule has 0 aromatic heterocycles. The Bertz CT molecular complexity index is 467. The van der Waals surface area contributed by atoms with Crippen LogP contribution in [0.15, 0.2) is 24.3 Å². The van der Waals surface area contributed by atoms with Crippen molar-refractivity contribution in [1.82, 2.24) is 0 Å². The van der Waals surface area contributed by atoms with Crippen LogP contribution in [0.2, 0.25) is 0 Å². The summed E-state index contributed by atoms with van der Waals surface area (Å²) in [5.41, 5.74) is 2.73. The Kier molecular flexibility index (Phi) is 6.45. The molecule has 0 saturated heterocycles. The van der Waals surface area contributed by atoms with E-state index in [4.69, 9.17) is 0 Å². The van der Waals surface area contributed by atoms with E-state index in [1.54, 1.807) is 0 Å². The highest BCUT2D eigenvalue weighted by atomic mass is 15.2. The second-order valence-electron chi connectivity index (χ2n) is 8.36. The van der Waals surface area contributed by atoms with Crippen LogP contribution in [0.25, 0.3) is 0 Å². The molecule has 1 aromatic rings. The van der Waals surface area contributed by atoms with E-state index < -0.39 is 0 Å². The van der Waals surface area contributed by atoms with Crippen LogP contribution in [0.1, 0.15) is 78.1 Å². The van der Waals surface area contributed by atoms with Crippen LogP contribution in [0.4, 0.5) is 11.4 Å². The fourth-order valence-electron chi connectivity index (χ4n) is 4.48. The standard InChI is InChI=1S/C22H36N2/c1-18(2)17-24(21-11-7-4-8-12-21)22-15-13-20(14-16-22)23-19-9-5-3-6-10-19/h13-16,18-19,21,23H,3-12,17H2,1-2H3. The van der Waals surface area contributed by atoms with Gasteiger partial charge >= 0.3 is 0 Å². The zero-order valence-electron chi connectivity index (χ0n) is 15.8. The van der Waals surface area contributed by atoms with Gasteiger partial charge in [0.25, 0.3) is 0 Å². The quantitative estimate of drug-likeness (QED) is 0.666. The lowest BCUT2D eigenvalue weighted by molar-refractivity contribution is 0.401. The molecule has 24 heavy (non-hydrogen) atoms. The van der Waals surface area contributed by atoms with E-state index in [1.165, 1.54) is 82.1 Å². The molecule has 0 unspecified atom stereocenters. The molecule has 2 nitrogen and oxygen atoms in total. The average molecular weight is 329 g/mol. The molecule has 2 aliphatic carbocycles. The van der Waals surface area contributed by atoms with Gasteiger partial charge in [-0.3, -0.25) is 0 Å². The number of hydrogen-bond acceptors (Lipinski definition) is 2. The van der Waals surface area contributed by atoms with Crippen molar-refractivity contribution < 1.29 is 0 Å². The van der Waals surface area contributed by atoms with Gasteiger partial charge in [0.15, 0.2) is 0 Å². The van der Waals surface area contributed by atoms with Gasteiger partial charge in [-0.05, 0) is 55.9 Å². The fourth-order valence-corrected chi connectivity index (χ4v) is 4.48. The van der Waals surface area contributed by atoms with Gasteiger partial charge in [-0.2, -0.15) is 0 Å². The van der Waals surface area contributed by atoms with E-state index in [1.807, 2.05) is 0 Å². The van der Waals surface area contributed by atoms with Crippen molar-refractivity contribution in [2.45, 2.75) is 90.1 Å². The Hall–Kier alpha value is -1.18. The first-order chi connectivity index (χ1) is 11.7. The van der Waals surface area contributed by atoms with Gasteiger partial charge < -0.3 is 10.2 Å². The smallest absolute Gasteiger partial charge is 0.0370 e. The van der Waals surface area contributed by atoms with Gasteiger partial charge in [-0.15, -0.1) is 0 Å². The Labute approximate surface area is 149 Å². The molecule has 2 heteroatoms. The summed E-state index contributed by atoms with van der Waals surface area (Å²) in [5.74, 6) is 0.715. The third-order valence-corrected chi connectivity index (χ3v) is 5.75. The van der Waals surface area contributed by atoms with E-state index >= 15 is 0 Å². The molecule has 0 bridgehead atoms. The molecule has 2 aliphatic rings. The molecule has 0 radical (unpaired) electrons. The Morgan fingerprint density at radius 3 is 2.04 bits per heavy atom. The summed E-state index contributed by atoms with van der Waals surface area (Å²) in [6.07, 6.45) is 13.8. The van der Waals surface area contributed by atoms with Crippen LogP contribution in [0, 0.1) is 5.92 Å². The van der Waals surface area contributed by atoms with Crippen molar-refractivity contribution in [3.63, 3.8) is 0 Å². The number of benzene rings is 1. The highest BCUT2D eigenvalue weighted by Gasteiger charge is 2.22. The maximum atomic E-state index is 3.75. The van der Waals surface area contributed by atoms with Crippen LogP contribution in [-0.4, -0.2) is 18.6 Å². The third kappa shape index (κ3) is 4.91. The van der Waals surface area contributed by atoms with Crippen molar-refractivity contribution in [3.8, 4) is 0 Å². The lowest BCUT2D eigenvalue weighted by Gasteiger charge is -2.37. The molecule has 0 aliphatic heterocycles. The molecule has 2 saturated carbocycles. The SMILES string of the molecule is CC(C)CN(c1ccc(NC2CCCCC2)cc1)C1CCCCC1. The molecule has 1 aromatic carbocycles. The summed E-state index contributed by atoms with van der Waals surface area (Å²) in [7, 11) is 0. The van der Waals surface area contributed by atoms with E-state index in [2.05, 4.69) is 48.3 Å². The zero-order chi connectivity index (χ0) is 16.8. The van der Waals surface area contributed by atoms with Crippen molar-refractivity contribution in [2.24, 2.45) is 5.92 Å². The Morgan fingerprint density at radius 1 is 0.875 bits per heavy atom. The lowest BCUT2D eigenvalue weighted by Crippen LogP contribution is -2.39. The van der Waals surface area contributed by atoms with Crippen molar-refractivity contribution in [3.05, 3.63) is 24.3 Å². The minimum absolute atomic E-state index is 0.690. The fraction of sp³-hybridized carbons (Fsp3) is 0.727. The minimum atomic E-state index is 0.690. The van der Waals surface area contributed by atoms with Crippen LogP contribution in [0.3, 0.4) is 0 Å². The molecule has 0 atom stereocenters. The number of anilines is 2. The predicted octanol–water partition coefficient (Wildman–Crippen LogP) is 6.23. The van der Waals surface area contributed by atoms with Crippen molar-refractivity contribution in [1.29, 1.82) is 0 Å². The van der Waals surface area contributed by atoms with Crippen molar-refractivity contribution >= 4 is 11.4 Å². The Balaban J connectivity index is 1.65. The summed E-state index contributed by atoms with van der Waals surface area (Å²) in [4.78, 5) is 2.69. The topological polar surface area (TPSA) is 15.3 Å². The number of nitrogens with one attached hydrogen (secondary N) is 1. The zero-order valence-corrected chi connectivity index (χ0v) is 15.8. The van der Waals surface area contributed by atoms with Gasteiger partial charge in [0.2, 0.25) is 0 Å². The summed E-state index contributed by atoms with van der Waals surface area (Å²) < 4.78 is 0. The van der Waals surface area contributed by atoms with Gasteiger partial charge in [-0.1, -0.05) is 52.4 Å². The van der Waals surface area contributed by atoms with Gasteiger partial charge in [0, 0.05) is 30.0 Å². The van der Waals surface area contributed by atoms with Crippen LogP contribution in [0.5, 0.6) is 0 Å². The summed E-state index contributed by atoms with van der Waals surface area (Å²) in [6, 6.07) is 10.7. The first kappa shape index (κ1) is 17.6. The van der Waals surface area contributed by atoms with Gasteiger partial charge in [0.05, 0.1) is 0 Å². The van der Waals surface area contributed by atoms with Crippen LogP contribution in [-0.2, 0) is 0 Å². The molecule has 0 spiro atoms. The van der Waals surface area contributed by atoms with Crippen molar-refractivity contribution in [2.75, 3.05) is 16.8 Å². The number of hydrogen-bond donors (Lipinski definition) is 1. The normalized spacial score (nSPS) is 20.3. The number of nitrogens with zero attached hydrogens (tertiary/aromatic N) is 1. The molecular weight excluding hydrogens is 292 g/mol. The highest BCUT2D eigenvalue weighted by Crippen LogP contribution is 2.29. The molecule has 3 rings (SSSR count). The monoisotopic (exact) mass is 328 g/mol. The first-order valence-corrected chi connectivity index (χ1v) is 10.4. The maximum Gasteiger partial charge on any atom is 0.0370 e. The second kappa shape index (κ2) is 8.78. The van der Waals surface area contributed by atoms with Crippen LogP contribution < -0.4 is 10.2 Å². The first-order valence-electron chi connectivity index (χ1n) is 10.4. The van der Waals surface area contributed by atoms with Gasteiger partial charge in [-0.25, -0.2) is 0 Å². The minimum Gasteiger partial charge on any atom is -0.382 e. The molecule has 1 N–H and O–H groups in total. The van der Waals surface area contributed by atoms with E-state index in [0.29, 0.717) is 12.0 Å². The van der Waals surface area contributed by atoms with Gasteiger partial charge in [0.1, 0.15) is 0 Å². The highest BCUT2D eigenvalue weighted by molar-refractivity contribution is 5.56. The van der Waals surface area contributed by atoms with E-state index in [0.717, 1.165) is 6.04 Å². The summed E-state index contributed by atoms with van der Waals surface area (Å²) in [6.45, 7) is 5.86. The molecule has 2 fully saturated rings. The largest absolute Gasteiger partial charge is 0.382 e. The summed E-state index contributed by atoms with van der Waals surface area (Å²) >= 11 is 0. The lowest BCUT2D eigenvalue weighted by atomic mass is 9.93. The number of rotatable bonds is 6. The predicted molar refractivity (Wildman–Crippen MR) is 106 cm³/mol. The average Bonchev–Trinajstić information content (AvgIpc) is 2.62. The van der Waals surface area contributed by atoms with E-state index in [9.17, 15) is 0 Å². The molecule has 134 valence electrons. The van der Waals surface area contributed by atoms with E-state index in [-0.39, 0.29) is 0 Å². The molecule has 0 heterocycles. The maximum absolute atomic E-state index is 3.75. The summed E-state index contributed by atoms with van der Waals surface area (Å²) in [5, 5.41) is 3.75. The Morgan fingerprint density at radius 2 is 1.46 bits per heavy atom. The van der Waals surface area contributed by atoms with Crippen LogP contribution >= 0.6 is 0 Å². The molecular formula is C22H36N2. The third-order valence-electron chi connectivity index (χ3n) is 5.75. The molecule has 0 amide bonds.